The molecule has 0 heterocycles. The average Bonchev–Trinajstić information content (AvgIpc) is 2.15. The van der Waals surface area contributed by atoms with E-state index >= 15 is 0 Å². The van der Waals surface area contributed by atoms with Crippen molar-refractivity contribution in [3.05, 3.63) is 40.9 Å². The van der Waals surface area contributed by atoms with Gasteiger partial charge in [0.05, 0.1) is 5.56 Å². The third-order valence-electron chi connectivity index (χ3n) is 1.46. The first-order valence-electron chi connectivity index (χ1n) is 3.76. The van der Waals surface area contributed by atoms with Gasteiger partial charge in [-0.3, -0.25) is 4.79 Å². The Bertz CT molecular complexity index is 321. The van der Waals surface area contributed by atoms with Crippen LogP contribution in [-0.2, 0) is 0 Å². The Hall–Kier alpha value is -1.09. The van der Waals surface area contributed by atoms with Gasteiger partial charge in [0.15, 0.2) is 6.29 Å². The van der Waals surface area contributed by atoms with E-state index < -0.39 is 0 Å². The zero-order chi connectivity index (χ0) is 9.68. The number of benzene rings is 1. The average molecular weight is 241 g/mol. The van der Waals surface area contributed by atoms with Gasteiger partial charge in [-0.15, -0.1) is 0 Å². The zero-order valence-electron chi connectivity index (χ0n) is 7.00. The van der Waals surface area contributed by atoms with Gasteiger partial charge < -0.3 is 4.74 Å². The quantitative estimate of drug-likeness (QED) is 0.598. The lowest BCUT2D eigenvalue weighted by atomic mass is 10.2. The Morgan fingerprint density at radius 3 is 2.92 bits per heavy atom. The maximum absolute atomic E-state index is 10.6. The first-order chi connectivity index (χ1) is 6.27. The topological polar surface area (TPSA) is 26.3 Å². The Labute approximate surface area is 85.3 Å². The molecule has 1 aromatic rings. The van der Waals surface area contributed by atoms with Crippen molar-refractivity contribution in [2.75, 3.05) is 6.61 Å². The molecule has 13 heavy (non-hydrogen) atoms. The molecule has 3 heteroatoms. The Morgan fingerprint density at radius 1 is 1.54 bits per heavy atom. The predicted molar refractivity (Wildman–Crippen MR) is 55.2 cm³/mol. The summed E-state index contributed by atoms with van der Waals surface area (Å²) in [5, 5.41) is 0. The zero-order valence-corrected chi connectivity index (χ0v) is 8.58. The maximum atomic E-state index is 10.6. The summed E-state index contributed by atoms with van der Waals surface area (Å²) < 4.78 is 6.16. The minimum absolute atomic E-state index is 0.400. The molecular weight excluding hydrogens is 232 g/mol. The van der Waals surface area contributed by atoms with Crippen LogP contribution in [0.15, 0.2) is 35.3 Å². The molecule has 0 N–H and O–H groups in total. The molecule has 0 aliphatic rings. The second kappa shape index (κ2) is 4.82. The van der Waals surface area contributed by atoms with Crippen LogP contribution in [0.3, 0.4) is 0 Å². The molecule has 0 aliphatic carbocycles. The molecule has 1 aromatic carbocycles. The molecule has 68 valence electrons. The van der Waals surface area contributed by atoms with Crippen molar-refractivity contribution in [2.24, 2.45) is 0 Å². The predicted octanol–water partition coefficient (Wildman–Crippen LogP) is 2.83. The van der Waals surface area contributed by atoms with Crippen LogP contribution in [0.4, 0.5) is 0 Å². The molecule has 0 saturated heterocycles. The lowest BCUT2D eigenvalue weighted by Gasteiger charge is -2.05. The molecule has 0 radical (unpaired) electrons. The van der Waals surface area contributed by atoms with Gasteiger partial charge in [0, 0.05) is 4.47 Å². The van der Waals surface area contributed by atoms with Crippen molar-refractivity contribution >= 4 is 22.2 Å². The SMILES string of the molecule is C=CCOc1cc(Br)ccc1C=O. The summed E-state index contributed by atoms with van der Waals surface area (Å²) in [5.74, 6) is 0.573. The number of halogens is 1. The Morgan fingerprint density at radius 2 is 2.31 bits per heavy atom. The number of ether oxygens (including phenoxy) is 1. The van der Waals surface area contributed by atoms with E-state index in [2.05, 4.69) is 22.5 Å². The summed E-state index contributed by atoms with van der Waals surface area (Å²) >= 11 is 3.30. The van der Waals surface area contributed by atoms with Crippen LogP contribution in [0.25, 0.3) is 0 Å². The van der Waals surface area contributed by atoms with Crippen molar-refractivity contribution in [3.8, 4) is 5.75 Å². The van der Waals surface area contributed by atoms with Crippen molar-refractivity contribution in [1.82, 2.24) is 0 Å². The fourth-order valence-electron chi connectivity index (χ4n) is 0.879. The first kappa shape index (κ1) is 9.99. The standard InChI is InChI=1S/C10H9BrO2/c1-2-5-13-10-6-9(11)4-3-8(10)7-12/h2-4,6-7H,1,5H2. The van der Waals surface area contributed by atoms with Crippen LogP contribution < -0.4 is 4.74 Å². The second-order valence-corrected chi connectivity index (χ2v) is 3.32. The summed E-state index contributed by atoms with van der Waals surface area (Å²) in [6.07, 6.45) is 2.40. The van der Waals surface area contributed by atoms with Crippen molar-refractivity contribution in [2.45, 2.75) is 0 Å². The summed E-state index contributed by atoms with van der Waals surface area (Å²) in [7, 11) is 0. The fraction of sp³-hybridized carbons (Fsp3) is 0.100. The van der Waals surface area contributed by atoms with Crippen molar-refractivity contribution in [1.29, 1.82) is 0 Å². The Kier molecular flexibility index (Phi) is 3.71. The summed E-state index contributed by atoms with van der Waals surface area (Å²) in [5.41, 5.74) is 0.546. The van der Waals surface area contributed by atoms with Crippen LogP contribution in [0.1, 0.15) is 10.4 Å². The Balaban J connectivity index is 2.93. The van der Waals surface area contributed by atoms with Crippen molar-refractivity contribution in [3.63, 3.8) is 0 Å². The summed E-state index contributed by atoms with van der Waals surface area (Å²) in [6.45, 7) is 3.93. The van der Waals surface area contributed by atoms with Gasteiger partial charge in [-0.2, -0.15) is 0 Å². The van der Waals surface area contributed by atoms with Gasteiger partial charge in [-0.1, -0.05) is 28.6 Å². The fourth-order valence-corrected chi connectivity index (χ4v) is 1.22. The highest BCUT2D eigenvalue weighted by Crippen LogP contribution is 2.22. The van der Waals surface area contributed by atoms with Gasteiger partial charge in [-0.25, -0.2) is 0 Å². The number of aldehydes is 1. The third kappa shape index (κ3) is 2.70. The summed E-state index contributed by atoms with van der Waals surface area (Å²) in [4.78, 5) is 10.6. The van der Waals surface area contributed by atoms with E-state index in [1.165, 1.54) is 0 Å². The third-order valence-corrected chi connectivity index (χ3v) is 1.95. The van der Waals surface area contributed by atoms with E-state index in [0.717, 1.165) is 10.8 Å². The van der Waals surface area contributed by atoms with Gasteiger partial charge >= 0.3 is 0 Å². The van der Waals surface area contributed by atoms with Gasteiger partial charge in [0.25, 0.3) is 0 Å². The highest BCUT2D eigenvalue weighted by molar-refractivity contribution is 9.10. The highest BCUT2D eigenvalue weighted by Gasteiger charge is 2.02. The van der Waals surface area contributed by atoms with E-state index in [4.69, 9.17) is 4.74 Å². The summed E-state index contributed by atoms with van der Waals surface area (Å²) in [6, 6.07) is 5.26. The molecule has 0 unspecified atom stereocenters. The molecule has 0 aliphatic heterocycles. The van der Waals surface area contributed by atoms with Gasteiger partial charge in [-0.05, 0) is 18.2 Å². The molecule has 0 spiro atoms. The van der Waals surface area contributed by atoms with E-state index in [0.29, 0.717) is 17.9 Å². The van der Waals surface area contributed by atoms with Crippen LogP contribution >= 0.6 is 15.9 Å². The molecule has 0 bridgehead atoms. The smallest absolute Gasteiger partial charge is 0.153 e. The molecule has 0 saturated carbocycles. The molecule has 0 aromatic heterocycles. The molecule has 1 rings (SSSR count). The number of carbonyl (C=O) groups is 1. The lowest BCUT2D eigenvalue weighted by Crippen LogP contribution is -1.96. The highest BCUT2D eigenvalue weighted by atomic mass is 79.9. The van der Waals surface area contributed by atoms with E-state index in [1.807, 2.05) is 0 Å². The largest absolute Gasteiger partial charge is 0.489 e. The molecule has 0 fully saturated rings. The molecule has 0 atom stereocenters. The monoisotopic (exact) mass is 240 g/mol. The van der Waals surface area contributed by atoms with Crippen LogP contribution in [0, 0.1) is 0 Å². The van der Waals surface area contributed by atoms with Crippen LogP contribution in [0.5, 0.6) is 5.75 Å². The van der Waals surface area contributed by atoms with Gasteiger partial charge in [0.1, 0.15) is 12.4 Å². The number of hydrogen-bond acceptors (Lipinski definition) is 2. The number of hydrogen-bond donors (Lipinski definition) is 0. The minimum Gasteiger partial charge on any atom is -0.489 e. The second-order valence-electron chi connectivity index (χ2n) is 2.40. The van der Waals surface area contributed by atoms with E-state index in [-0.39, 0.29) is 0 Å². The van der Waals surface area contributed by atoms with Crippen LogP contribution in [0.2, 0.25) is 0 Å². The maximum Gasteiger partial charge on any atom is 0.153 e. The molecule has 0 amide bonds. The normalized spacial score (nSPS) is 9.31. The first-order valence-corrected chi connectivity index (χ1v) is 4.55. The molecule has 2 nitrogen and oxygen atoms in total. The van der Waals surface area contributed by atoms with E-state index in [9.17, 15) is 4.79 Å². The van der Waals surface area contributed by atoms with Crippen molar-refractivity contribution < 1.29 is 9.53 Å². The lowest BCUT2D eigenvalue weighted by molar-refractivity contribution is 0.112. The van der Waals surface area contributed by atoms with E-state index in [1.54, 1.807) is 24.3 Å². The minimum atomic E-state index is 0.400. The molecular formula is C10H9BrO2. The number of carbonyl (C=O) groups excluding carboxylic acids is 1. The van der Waals surface area contributed by atoms with Gasteiger partial charge in [0.2, 0.25) is 0 Å². The van der Waals surface area contributed by atoms with Crippen LogP contribution in [-0.4, -0.2) is 12.9 Å². The number of rotatable bonds is 4.